The molecule has 0 amide bonds. The second kappa shape index (κ2) is 6.27. The molecule has 1 heterocycles. The lowest BCUT2D eigenvalue weighted by Gasteiger charge is -2.17. The van der Waals surface area contributed by atoms with Crippen LogP contribution < -0.4 is 5.32 Å². The second-order valence-electron chi connectivity index (χ2n) is 4.08. The van der Waals surface area contributed by atoms with E-state index in [1.165, 1.54) is 11.5 Å². The van der Waals surface area contributed by atoms with Gasteiger partial charge in [0.1, 0.15) is 0 Å². The monoisotopic (exact) mass is 281 g/mol. The van der Waals surface area contributed by atoms with E-state index >= 15 is 0 Å². The Bertz CT molecular complexity index is 512. The Morgan fingerprint density at radius 2 is 2.17 bits per heavy atom. The first-order valence-corrected chi connectivity index (χ1v) is 7.15. The fraction of sp³-hybridized carbons (Fsp3) is 0.385. The summed E-state index contributed by atoms with van der Waals surface area (Å²) in [6.07, 6.45) is 2.02. The molecule has 5 heteroatoms. The van der Waals surface area contributed by atoms with Crippen molar-refractivity contribution in [3.8, 4) is 0 Å². The molecular formula is C13H16ClN3S. The van der Waals surface area contributed by atoms with Gasteiger partial charge in [0.25, 0.3) is 0 Å². The van der Waals surface area contributed by atoms with Crippen molar-refractivity contribution in [1.29, 1.82) is 0 Å². The molecule has 2 rings (SSSR count). The summed E-state index contributed by atoms with van der Waals surface area (Å²) in [7, 11) is 1.93. The molecule has 3 nitrogen and oxygen atoms in total. The number of halogens is 1. The zero-order chi connectivity index (χ0) is 13.0. The maximum atomic E-state index is 6.27. The van der Waals surface area contributed by atoms with Crippen LogP contribution in [0.3, 0.4) is 0 Å². The maximum absolute atomic E-state index is 6.27. The average Bonchev–Trinajstić information content (AvgIpc) is 2.82. The SMILES string of the molecule is CCCc1nnsc1C(NC)c1ccccc1Cl. The van der Waals surface area contributed by atoms with Crippen molar-refractivity contribution in [1.82, 2.24) is 14.9 Å². The zero-order valence-corrected chi connectivity index (χ0v) is 12.1. The summed E-state index contributed by atoms with van der Waals surface area (Å²) in [6.45, 7) is 2.15. The Kier molecular flexibility index (Phi) is 4.69. The van der Waals surface area contributed by atoms with Crippen molar-refractivity contribution in [2.75, 3.05) is 7.05 Å². The van der Waals surface area contributed by atoms with E-state index in [4.69, 9.17) is 11.6 Å². The van der Waals surface area contributed by atoms with Gasteiger partial charge >= 0.3 is 0 Å². The summed E-state index contributed by atoms with van der Waals surface area (Å²) in [5.41, 5.74) is 2.15. The standard InChI is InChI=1S/C13H16ClN3S/c1-3-6-11-13(18-17-16-11)12(15-2)9-7-4-5-8-10(9)14/h4-5,7-8,12,15H,3,6H2,1-2H3. The van der Waals surface area contributed by atoms with Crippen LogP contribution in [0, 0.1) is 0 Å². The number of hydrogen-bond donors (Lipinski definition) is 1. The van der Waals surface area contributed by atoms with Gasteiger partial charge in [-0.05, 0) is 36.6 Å². The number of nitrogens with one attached hydrogen (secondary N) is 1. The van der Waals surface area contributed by atoms with Gasteiger partial charge < -0.3 is 5.32 Å². The van der Waals surface area contributed by atoms with Crippen molar-refractivity contribution in [3.05, 3.63) is 45.4 Å². The first-order chi connectivity index (χ1) is 8.77. The Morgan fingerprint density at radius 1 is 1.39 bits per heavy atom. The molecule has 0 aliphatic heterocycles. The van der Waals surface area contributed by atoms with E-state index in [0.717, 1.165) is 34.0 Å². The quantitative estimate of drug-likeness (QED) is 0.912. The topological polar surface area (TPSA) is 37.8 Å². The van der Waals surface area contributed by atoms with Gasteiger partial charge in [0.2, 0.25) is 0 Å². The number of rotatable bonds is 5. The molecule has 0 saturated carbocycles. The van der Waals surface area contributed by atoms with Crippen LogP contribution in [0.15, 0.2) is 24.3 Å². The Hall–Kier alpha value is -0.970. The van der Waals surface area contributed by atoms with Gasteiger partial charge in [0, 0.05) is 5.02 Å². The molecule has 1 N–H and O–H groups in total. The van der Waals surface area contributed by atoms with Gasteiger partial charge in [-0.1, -0.05) is 47.6 Å². The number of hydrogen-bond acceptors (Lipinski definition) is 4. The number of aromatic nitrogens is 2. The summed E-state index contributed by atoms with van der Waals surface area (Å²) < 4.78 is 4.07. The van der Waals surface area contributed by atoms with Crippen molar-refractivity contribution in [3.63, 3.8) is 0 Å². The number of nitrogens with zero attached hydrogens (tertiary/aromatic N) is 2. The molecule has 0 radical (unpaired) electrons. The summed E-state index contributed by atoms with van der Waals surface area (Å²) in [6, 6.07) is 7.96. The molecule has 0 aliphatic carbocycles. The molecule has 0 saturated heterocycles. The van der Waals surface area contributed by atoms with E-state index in [1.807, 2.05) is 31.3 Å². The third-order valence-electron chi connectivity index (χ3n) is 2.84. The molecule has 0 spiro atoms. The molecule has 18 heavy (non-hydrogen) atoms. The number of benzene rings is 1. The molecule has 2 aromatic rings. The molecule has 0 aliphatic rings. The normalized spacial score (nSPS) is 12.6. The van der Waals surface area contributed by atoms with E-state index in [1.54, 1.807) is 0 Å². The predicted octanol–water partition coefficient (Wildman–Crippen LogP) is 3.45. The van der Waals surface area contributed by atoms with Gasteiger partial charge in [-0.3, -0.25) is 0 Å². The highest BCUT2D eigenvalue weighted by molar-refractivity contribution is 7.05. The van der Waals surface area contributed by atoms with Gasteiger partial charge in [0.15, 0.2) is 0 Å². The van der Waals surface area contributed by atoms with Crippen LogP contribution in [0.4, 0.5) is 0 Å². The maximum Gasteiger partial charge on any atom is 0.0807 e. The largest absolute Gasteiger partial charge is 0.309 e. The van der Waals surface area contributed by atoms with Crippen LogP contribution in [0.5, 0.6) is 0 Å². The molecule has 1 atom stereocenters. The third kappa shape index (κ3) is 2.71. The van der Waals surface area contributed by atoms with Gasteiger partial charge in [-0.15, -0.1) is 5.10 Å². The zero-order valence-electron chi connectivity index (χ0n) is 10.5. The molecule has 0 bridgehead atoms. The van der Waals surface area contributed by atoms with E-state index < -0.39 is 0 Å². The van der Waals surface area contributed by atoms with Crippen LogP contribution in [0.2, 0.25) is 5.02 Å². The minimum Gasteiger partial charge on any atom is -0.309 e. The van der Waals surface area contributed by atoms with Gasteiger partial charge in [-0.25, -0.2) is 0 Å². The smallest absolute Gasteiger partial charge is 0.0807 e. The van der Waals surface area contributed by atoms with Crippen LogP contribution in [-0.4, -0.2) is 16.6 Å². The van der Waals surface area contributed by atoms with Crippen molar-refractivity contribution in [2.24, 2.45) is 0 Å². The lowest BCUT2D eigenvalue weighted by atomic mass is 10.0. The Labute approximate surface area is 116 Å². The second-order valence-corrected chi connectivity index (χ2v) is 5.27. The van der Waals surface area contributed by atoms with E-state index in [-0.39, 0.29) is 6.04 Å². The lowest BCUT2D eigenvalue weighted by molar-refractivity contribution is 0.688. The van der Waals surface area contributed by atoms with Crippen molar-refractivity contribution < 1.29 is 0 Å². The highest BCUT2D eigenvalue weighted by Crippen LogP contribution is 2.31. The summed E-state index contributed by atoms with van der Waals surface area (Å²) in [5.74, 6) is 0. The fourth-order valence-corrected chi connectivity index (χ4v) is 3.05. The summed E-state index contributed by atoms with van der Waals surface area (Å²) in [4.78, 5) is 1.16. The van der Waals surface area contributed by atoms with E-state index in [2.05, 4.69) is 21.8 Å². The van der Waals surface area contributed by atoms with Crippen molar-refractivity contribution in [2.45, 2.75) is 25.8 Å². The van der Waals surface area contributed by atoms with Crippen LogP contribution in [0.25, 0.3) is 0 Å². The molecule has 96 valence electrons. The molecule has 1 aromatic carbocycles. The minimum absolute atomic E-state index is 0.0697. The van der Waals surface area contributed by atoms with Crippen LogP contribution >= 0.6 is 23.1 Å². The van der Waals surface area contributed by atoms with Crippen LogP contribution in [0.1, 0.15) is 35.5 Å². The van der Waals surface area contributed by atoms with Crippen LogP contribution in [-0.2, 0) is 6.42 Å². The first kappa shape index (κ1) is 13.5. The fourth-order valence-electron chi connectivity index (χ4n) is 1.98. The summed E-state index contributed by atoms with van der Waals surface area (Å²) >= 11 is 7.71. The molecule has 1 unspecified atom stereocenters. The highest BCUT2D eigenvalue weighted by Gasteiger charge is 2.20. The third-order valence-corrected chi connectivity index (χ3v) is 4.01. The van der Waals surface area contributed by atoms with E-state index in [0.29, 0.717) is 0 Å². The highest BCUT2D eigenvalue weighted by atomic mass is 35.5. The number of aryl methyl sites for hydroxylation is 1. The summed E-state index contributed by atoms with van der Waals surface area (Å²) in [5, 5.41) is 8.29. The van der Waals surface area contributed by atoms with Gasteiger partial charge in [-0.2, -0.15) is 0 Å². The Morgan fingerprint density at radius 3 is 2.83 bits per heavy atom. The molecular weight excluding hydrogens is 266 g/mol. The molecule has 1 aromatic heterocycles. The Balaban J connectivity index is 2.39. The van der Waals surface area contributed by atoms with Crippen molar-refractivity contribution >= 4 is 23.1 Å². The first-order valence-electron chi connectivity index (χ1n) is 6.00. The minimum atomic E-state index is 0.0697. The average molecular weight is 282 g/mol. The molecule has 0 fully saturated rings. The lowest BCUT2D eigenvalue weighted by Crippen LogP contribution is -2.18. The van der Waals surface area contributed by atoms with Gasteiger partial charge in [0.05, 0.1) is 16.6 Å². The predicted molar refractivity (Wildman–Crippen MR) is 76.3 cm³/mol. The van der Waals surface area contributed by atoms with E-state index in [9.17, 15) is 0 Å².